The highest BCUT2D eigenvalue weighted by Gasteiger charge is 2.37. The molecule has 0 saturated heterocycles. The number of hydrogen-bond donors (Lipinski definition) is 1. The van der Waals surface area contributed by atoms with E-state index in [0.29, 0.717) is 16.8 Å². The second-order valence-corrected chi connectivity index (χ2v) is 7.51. The van der Waals surface area contributed by atoms with Crippen molar-refractivity contribution >= 4 is 63.9 Å². The molecule has 2 heterocycles. The molecule has 1 aliphatic rings. The number of aromatic nitrogens is 1. The third-order valence-corrected chi connectivity index (χ3v) is 5.73. The summed E-state index contributed by atoms with van der Waals surface area (Å²) in [6.45, 7) is 0. The van der Waals surface area contributed by atoms with Gasteiger partial charge in [0.1, 0.15) is 10.8 Å². The fourth-order valence-corrected chi connectivity index (χ4v) is 3.77. The van der Waals surface area contributed by atoms with Gasteiger partial charge < -0.3 is 9.88 Å². The van der Waals surface area contributed by atoms with Crippen molar-refractivity contribution in [1.82, 2.24) is 4.57 Å². The average Bonchev–Trinajstić information content (AvgIpc) is 3.10. The Labute approximate surface area is 180 Å². The molecular formula is C20H12Cl3N3O3. The van der Waals surface area contributed by atoms with E-state index >= 15 is 0 Å². The molecule has 3 aromatic rings. The molecule has 0 aliphatic carbocycles. The summed E-state index contributed by atoms with van der Waals surface area (Å²) in [4.78, 5) is 38.8. The van der Waals surface area contributed by atoms with Crippen LogP contribution < -0.4 is 10.2 Å². The van der Waals surface area contributed by atoms with Crippen molar-refractivity contribution in [3.05, 3.63) is 80.6 Å². The van der Waals surface area contributed by atoms with Crippen LogP contribution >= 0.6 is 34.8 Å². The van der Waals surface area contributed by atoms with Gasteiger partial charge in [-0.25, -0.2) is 4.90 Å². The lowest BCUT2D eigenvalue weighted by Gasteiger charge is -2.16. The topological polar surface area (TPSA) is 71.4 Å². The summed E-state index contributed by atoms with van der Waals surface area (Å²) in [5.74, 6) is -1.33. The number of anilines is 2. The average molecular weight is 449 g/mol. The predicted octanol–water partition coefficient (Wildman–Crippen LogP) is 5.04. The number of imide groups is 1. The largest absolute Gasteiger partial charge is 0.329 e. The molecule has 29 heavy (non-hydrogen) atoms. The van der Waals surface area contributed by atoms with Crippen LogP contribution in [-0.2, 0) is 7.05 Å². The lowest BCUT2D eigenvalue weighted by molar-refractivity contribution is 0.0924. The molecule has 9 heteroatoms. The quantitative estimate of drug-likeness (QED) is 0.571. The van der Waals surface area contributed by atoms with Gasteiger partial charge in [-0.3, -0.25) is 14.4 Å². The van der Waals surface area contributed by atoms with E-state index in [1.165, 1.54) is 22.8 Å². The third kappa shape index (κ3) is 3.19. The lowest BCUT2D eigenvalue weighted by atomic mass is 10.1. The van der Waals surface area contributed by atoms with Gasteiger partial charge in [0.05, 0.1) is 26.9 Å². The van der Waals surface area contributed by atoms with Crippen LogP contribution in [0.2, 0.25) is 15.2 Å². The molecule has 1 aliphatic heterocycles. The molecule has 0 saturated carbocycles. The lowest BCUT2D eigenvalue weighted by Crippen LogP contribution is -2.29. The highest BCUT2D eigenvalue weighted by molar-refractivity contribution is 6.42. The van der Waals surface area contributed by atoms with Crippen molar-refractivity contribution < 1.29 is 14.4 Å². The number of carbonyl (C=O) groups is 3. The minimum absolute atomic E-state index is 0.139. The molecule has 3 amide bonds. The van der Waals surface area contributed by atoms with Gasteiger partial charge in [0.25, 0.3) is 17.7 Å². The zero-order valence-electron chi connectivity index (χ0n) is 14.9. The van der Waals surface area contributed by atoms with E-state index in [-0.39, 0.29) is 26.6 Å². The summed E-state index contributed by atoms with van der Waals surface area (Å²) < 4.78 is 1.45. The molecule has 1 N–H and O–H groups in total. The zero-order valence-corrected chi connectivity index (χ0v) is 17.1. The van der Waals surface area contributed by atoms with Crippen LogP contribution in [-0.4, -0.2) is 22.3 Å². The van der Waals surface area contributed by atoms with Crippen molar-refractivity contribution in [2.75, 3.05) is 10.2 Å². The second kappa shape index (κ2) is 7.22. The second-order valence-electron chi connectivity index (χ2n) is 6.34. The molecule has 4 rings (SSSR count). The number of nitrogens with zero attached hydrogens (tertiary/aromatic N) is 2. The highest BCUT2D eigenvalue weighted by Crippen LogP contribution is 2.35. The van der Waals surface area contributed by atoms with Crippen molar-refractivity contribution in [2.24, 2.45) is 7.05 Å². The highest BCUT2D eigenvalue weighted by atomic mass is 35.5. The summed E-state index contributed by atoms with van der Waals surface area (Å²) in [5.41, 5.74) is 1.53. The van der Waals surface area contributed by atoms with E-state index in [9.17, 15) is 14.4 Å². The Morgan fingerprint density at radius 2 is 1.52 bits per heavy atom. The van der Waals surface area contributed by atoms with Crippen LogP contribution in [0.1, 0.15) is 31.2 Å². The van der Waals surface area contributed by atoms with E-state index in [1.807, 2.05) is 0 Å². The van der Waals surface area contributed by atoms with Gasteiger partial charge in [0.15, 0.2) is 0 Å². The Hall–Kier alpha value is -2.80. The van der Waals surface area contributed by atoms with Gasteiger partial charge in [-0.1, -0.05) is 46.9 Å². The first-order chi connectivity index (χ1) is 13.8. The molecular weight excluding hydrogens is 437 g/mol. The van der Waals surface area contributed by atoms with Crippen molar-refractivity contribution in [3.63, 3.8) is 0 Å². The molecule has 0 atom stereocenters. The first-order valence-corrected chi connectivity index (χ1v) is 9.52. The number of fused-ring (bicyclic) bond motifs is 1. The van der Waals surface area contributed by atoms with Crippen LogP contribution in [0.4, 0.5) is 11.4 Å². The molecule has 0 fully saturated rings. The molecule has 6 nitrogen and oxygen atoms in total. The van der Waals surface area contributed by atoms with Gasteiger partial charge in [0.2, 0.25) is 0 Å². The Kier molecular flexibility index (Phi) is 4.86. The monoisotopic (exact) mass is 447 g/mol. The fourth-order valence-electron chi connectivity index (χ4n) is 3.13. The summed E-state index contributed by atoms with van der Waals surface area (Å²) in [6, 6.07) is 12.5. The molecule has 0 spiro atoms. The number of benzene rings is 2. The Bertz CT molecular complexity index is 1170. The van der Waals surface area contributed by atoms with E-state index in [2.05, 4.69) is 5.32 Å². The SMILES string of the molecule is Cn1c(C(=O)Nc2ccc(N3C(=O)c4ccccc4C3=O)c(Cl)c2)cc(Cl)c1Cl. The van der Waals surface area contributed by atoms with E-state index < -0.39 is 17.7 Å². The maximum Gasteiger partial charge on any atom is 0.272 e. The Morgan fingerprint density at radius 1 is 0.897 bits per heavy atom. The summed E-state index contributed by atoms with van der Waals surface area (Å²) in [6.07, 6.45) is 0. The molecule has 0 unspecified atom stereocenters. The number of carbonyl (C=O) groups excluding carboxylic acids is 3. The number of nitrogens with one attached hydrogen (secondary N) is 1. The predicted molar refractivity (Wildman–Crippen MR) is 112 cm³/mol. The molecule has 0 radical (unpaired) electrons. The minimum Gasteiger partial charge on any atom is -0.329 e. The standard InChI is InChI=1S/C20H12Cl3N3O3/c1-25-16(9-14(22)17(25)23)18(27)24-10-6-7-15(13(21)8-10)26-19(28)11-4-2-3-5-12(11)20(26)29/h2-9H,1H3,(H,24,27). The van der Waals surface area contributed by atoms with Gasteiger partial charge in [-0.05, 0) is 36.4 Å². The number of hydrogen-bond acceptors (Lipinski definition) is 3. The number of rotatable bonds is 3. The molecule has 146 valence electrons. The summed E-state index contributed by atoms with van der Waals surface area (Å²) in [7, 11) is 1.61. The van der Waals surface area contributed by atoms with Gasteiger partial charge in [-0.15, -0.1) is 0 Å². The fraction of sp³-hybridized carbons (Fsp3) is 0.0500. The van der Waals surface area contributed by atoms with E-state index in [4.69, 9.17) is 34.8 Å². The van der Waals surface area contributed by atoms with Crippen molar-refractivity contribution in [1.29, 1.82) is 0 Å². The van der Waals surface area contributed by atoms with Crippen LogP contribution in [0.25, 0.3) is 0 Å². The molecule has 2 aromatic carbocycles. The Balaban J connectivity index is 1.61. The zero-order chi connectivity index (χ0) is 20.9. The van der Waals surface area contributed by atoms with Crippen LogP contribution in [0.15, 0.2) is 48.5 Å². The summed E-state index contributed by atoms with van der Waals surface area (Å²) in [5, 5.41) is 3.34. The van der Waals surface area contributed by atoms with Gasteiger partial charge >= 0.3 is 0 Å². The molecule has 1 aromatic heterocycles. The van der Waals surface area contributed by atoms with E-state index in [1.54, 1.807) is 37.4 Å². The van der Waals surface area contributed by atoms with E-state index in [0.717, 1.165) is 4.90 Å². The smallest absolute Gasteiger partial charge is 0.272 e. The molecule has 0 bridgehead atoms. The van der Waals surface area contributed by atoms with Crippen molar-refractivity contribution in [2.45, 2.75) is 0 Å². The van der Waals surface area contributed by atoms with Gasteiger partial charge in [-0.2, -0.15) is 0 Å². The summed E-state index contributed by atoms with van der Waals surface area (Å²) >= 11 is 18.3. The van der Waals surface area contributed by atoms with Crippen molar-refractivity contribution in [3.8, 4) is 0 Å². The Morgan fingerprint density at radius 3 is 2.03 bits per heavy atom. The van der Waals surface area contributed by atoms with Crippen LogP contribution in [0.5, 0.6) is 0 Å². The maximum atomic E-state index is 12.6. The number of amides is 3. The normalized spacial score (nSPS) is 13.0. The first kappa shape index (κ1) is 19.5. The van der Waals surface area contributed by atoms with Crippen LogP contribution in [0.3, 0.4) is 0 Å². The van der Waals surface area contributed by atoms with Gasteiger partial charge in [0, 0.05) is 12.7 Å². The maximum absolute atomic E-state index is 12.6. The minimum atomic E-state index is -0.447. The number of halogens is 3. The first-order valence-electron chi connectivity index (χ1n) is 8.39. The van der Waals surface area contributed by atoms with Crippen LogP contribution in [0, 0.1) is 0 Å². The third-order valence-electron chi connectivity index (χ3n) is 4.59.